The van der Waals surface area contributed by atoms with Crippen molar-refractivity contribution in [3.05, 3.63) is 102 Å². The largest absolute Gasteiger partial charge is 0.497 e. The van der Waals surface area contributed by atoms with Gasteiger partial charge in [-0.3, -0.25) is 0 Å². The molecule has 140 valence electrons. The van der Waals surface area contributed by atoms with Crippen LogP contribution < -0.4 is 9.64 Å². The van der Waals surface area contributed by atoms with Gasteiger partial charge in [0.1, 0.15) is 24.7 Å². The molecular formula is C23H26FN2O+. The molecule has 1 aromatic heterocycles. The molecule has 3 aromatic rings. The highest BCUT2D eigenvalue weighted by atomic mass is 19.1. The van der Waals surface area contributed by atoms with Gasteiger partial charge in [0, 0.05) is 17.3 Å². The van der Waals surface area contributed by atoms with Gasteiger partial charge in [-0.25, -0.2) is 4.39 Å². The number of aromatic nitrogens is 1. The van der Waals surface area contributed by atoms with Crippen LogP contribution in [0, 0.1) is 5.82 Å². The first-order chi connectivity index (χ1) is 13.2. The maximum Gasteiger partial charge on any atom is 0.128 e. The van der Waals surface area contributed by atoms with Crippen molar-refractivity contribution in [3.8, 4) is 5.75 Å². The van der Waals surface area contributed by atoms with Crippen molar-refractivity contribution in [2.24, 2.45) is 0 Å². The fourth-order valence-electron chi connectivity index (χ4n) is 3.31. The molecule has 1 N–H and O–H groups in total. The molecule has 3 nitrogen and oxygen atoms in total. The van der Waals surface area contributed by atoms with Gasteiger partial charge in [0.2, 0.25) is 0 Å². The van der Waals surface area contributed by atoms with E-state index >= 15 is 0 Å². The molecule has 1 unspecified atom stereocenters. The molecule has 1 atom stereocenters. The third-order valence-electron chi connectivity index (χ3n) is 4.67. The van der Waals surface area contributed by atoms with Crippen LogP contribution in [0.25, 0.3) is 0 Å². The van der Waals surface area contributed by atoms with Crippen molar-refractivity contribution in [1.29, 1.82) is 0 Å². The van der Waals surface area contributed by atoms with Crippen molar-refractivity contribution in [1.82, 2.24) is 4.57 Å². The highest BCUT2D eigenvalue weighted by molar-refractivity contribution is 5.27. The van der Waals surface area contributed by atoms with Crippen molar-refractivity contribution >= 4 is 0 Å². The molecule has 0 aliphatic rings. The predicted octanol–water partition coefficient (Wildman–Crippen LogP) is 3.46. The minimum Gasteiger partial charge on any atom is -0.497 e. The summed E-state index contributed by atoms with van der Waals surface area (Å²) >= 11 is 0. The summed E-state index contributed by atoms with van der Waals surface area (Å²) in [4.78, 5) is 1.37. The number of halogens is 1. The highest BCUT2D eigenvalue weighted by Crippen LogP contribution is 2.13. The zero-order valence-corrected chi connectivity index (χ0v) is 15.7. The van der Waals surface area contributed by atoms with Gasteiger partial charge < -0.3 is 14.2 Å². The topological polar surface area (TPSA) is 18.6 Å². The van der Waals surface area contributed by atoms with Crippen molar-refractivity contribution in [2.45, 2.75) is 19.6 Å². The second kappa shape index (κ2) is 9.19. The summed E-state index contributed by atoms with van der Waals surface area (Å²) in [5.74, 6) is 0.706. The summed E-state index contributed by atoms with van der Waals surface area (Å²) in [6.45, 7) is 7.00. The molecule has 1 heterocycles. The Morgan fingerprint density at radius 2 is 1.93 bits per heavy atom. The maximum atomic E-state index is 14.0. The van der Waals surface area contributed by atoms with E-state index in [-0.39, 0.29) is 5.82 Å². The second-order valence-corrected chi connectivity index (χ2v) is 6.67. The molecule has 27 heavy (non-hydrogen) atoms. The van der Waals surface area contributed by atoms with E-state index in [0.29, 0.717) is 12.1 Å². The van der Waals surface area contributed by atoms with E-state index in [1.54, 1.807) is 13.2 Å². The average Bonchev–Trinajstić information content (AvgIpc) is 3.10. The standard InChI is InChI=1S/C23H25FN2O/c1-3-13-25(16-19-8-6-11-22(15-19)27-2)18-21-10-7-14-26(21)17-20-9-4-5-12-23(20)24/h3-12,14-15H,1,13,16-18H2,2H3/p+1. The fourth-order valence-corrected chi connectivity index (χ4v) is 3.31. The molecule has 0 bridgehead atoms. The first-order valence-electron chi connectivity index (χ1n) is 9.14. The SMILES string of the molecule is C=CC[NH+](Cc1cccc(OC)c1)Cc1cccn1Cc1ccccc1F. The number of quaternary nitrogens is 1. The number of rotatable bonds is 9. The summed E-state index contributed by atoms with van der Waals surface area (Å²) in [6.07, 6.45) is 3.96. The number of methoxy groups -OCH3 is 1. The third kappa shape index (κ3) is 5.08. The molecule has 0 spiro atoms. The molecule has 0 amide bonds. The molecular weight excluding hydrogens is 339 g/mol. The molecule has 0 aliphatic carbocycles. The zero-order valence-electron chi connectivity index (χ0n) is 15.7. The Bertz CT molecular complexity index is 887. The molecule has 2 aromatic carbocycles. The van der Waals surface area contributed by atoms with Gasteiger partial charge >= 0.3 is 0 Å². The van der Waals surface area contributed by atoms with Crippen molar-refractivity contribution in [2.75, 3.05) is 13.7 Å². The number of hydrogen-bond donors (Lipinski definition) is 1. The smallest absolute Gasteiger partial charge is 0.128 e. The van der Waals surface area contributed by atoms with Crippen LogP contribution in [0.2, 0.25) is 0 Å². The van der Waals surface area contributed by atoms with Gasteiger partial charge in [-0.15, -0.1) is 0 Å². The quantitative estimate of drug-likeness (QED) is 0.575. The Morgan fingerprint density at radius 3 is 2.70 bits per heavy atom. The predicted molar refractivity (Wildman–Crippen MR) is 106 cm³/mol. The summed E-state index contributed by atoms with van der Waals surface area (Å²) in [5, 5.41) is 0. The Labute approximate surface area is 160 Å². The van der Waals surface area contributed by atoms with E-state index in [1.165, 1.54) is 22.2 Å². The first kappa shape index (κ1) is 18.9. The highest BCUT2D eigenvalue weighted by Gasteiger charge is 2.13. The van der Waals surface area contributed by atoms with Gasteiger partial charge in [-0.1, -0.05) is 36.9 Å². The monoisotopic (exact) mass is 365 g/mol. The van der Waals surface area contributed by atoms with E-state index in [9.17, 15) is 4.39 Å². The molecule has 3 rings (SSSR count). The van der Waals surface area contributed by atoms with E-state index in [1.807, 2.05) is 42.6 Å². The van der Waals surface area contributed by atoms with Crippen molar-refractivity contribution in [3.63, 3.8) is 0 Å². The molecule has 0 aliphatic heterocycles. The second-order valence-electron chi connectivity index (χ2n) is 6.67. The lowest BCUT2D eigenvalue weighted by Gasteiger charge is -2.20. The number of benzene rings is 2. The Kier molecular flexibility index (Phi) is 6.44. The minimum atomic E-state index is -0.163. The van der Waals surface area contributed by atoms with Crippen LogP contribution >= 0.6 is 0 Å². The fraction of sp³-hybridized carbons (Fsp3) is 0.217. The average molecular weight is 365 g/mol. The van der Waals surface area contributed by atoms with Gasteiger partial charge in [0.05, 0.1) is 25.9 Å². The van der Waals surface area contributed by atoms with Crippen molar-refractivity contribution < 1.29 is 14.0 Å². The van der Waals surface area contributed by atoms with Gasteiger partial charge in [0.15, 0.2) is 0 Å². The van der Waals surface area contributed by atoms with Gasteiger partial charge in [-0.05, 0) is 36.4 Å². The number of nitrogens with zero attached hydrogens (tertiary/aromatic N) is 1. The van der Waals surface area contributed by atoms with Crippen LogP contribution in [0.5, 0.6) is 5.75 Å². The molecule has 0 saturated carbocycles. The van der Waals surface area contributed by atoms with Crippen LogP contribution in [0.3, 0.4) is 0 Å². The van der Waals surface area contributed by atoms with E-state index in [2.05, 4.69) is 29.3 Å². The summed E-state index contributed by atoms with van der Waals surface area (Å²) in [5.41, 5.74) is 3.10. The van der Waals surface area contributed by atoms with Crippen LogP contribution in [0.4, 0.5) is 4.39 Å². The summed E-state index contributed by atoms with van der Waals surface area (Å²) < 4.78 is 21.5. The summed E-state index contributed by atoms with van der Waals surface area (Å²) in [6, 6.07) is 19.2. The lowest BCUT2D eigenvalue weighted by molar-refractivity contribution is -0.922. The van der Waals surface area contributed by atoms with E-state index < -0.39 is 0 Å². The Morgan fingerprint density at radius 1 is 1.07 bits per heavy atom. The first-order valence-corrected chi connectivity index (χ1v) is 9.14. The Balaban J connectivity index is 1.74. The molecule has 0 saturated heterocycles. The maximum absolute atomic E-state index is 14.0. The van der Waals surface area contributed by atoms with Crippen LogP contribution in [-0.4, -0.2) is 18.2 Å². The van der Waals surface area contributed by atoms with E-state index in [4.69, 9.17) is 4.74 Å². The number of hydrogen-bond acceptors (Lipinski definition) is 1. The Hall–Kier alpha value is -2.85. The van der Waals surface area contributed by atoms with Crippen LogP contribution in [0.1, 0.15) is 16.8 Å². The zero-order chi connectivity index (χ0) is 19.1. The minimum absolute atomic E-state index is 0.163. The van der Waals surface area contributed by atoms with Gasteiger partial charge in [-0.2, -0.15) is 0 Å². The summed E-state index contributed by atoms with van der Waals surface area (Å²) in [7, 11) is 1.68. The lowest BCUT2D eigenvalue weighted by atomic mass is 10.2. The third-order valence-corrected chi connectivity index (χ3v) is 4.67. The molecule has 0 radical (unpaired) electrons. The molecule has 4 heteroatoms. The van der Waals surface area contributed by atoms with E-state index in [0.717, 1.165) is 25.4 Å². The number of nitrogens with one attached hydrogen (secondary N) is 1. The lowest BCUT2D eigenvalue weighted by Crippen LogP contribution is -3.09. The van der Waals surface area contributed by atoms with Crippen LogP contribution in [-0.2, 0) is 19.6 Å². The van der Waals surface area contributed by atoms with Gasteiger partial charge in [0.25, 0.3) is 0 Å². The van der Waals surface area contributed by atoms with Crippen LogP contribution in [0.15, 0.2) is 79.5 Å². The molecule has 0 fully saturated rings. The number of ether oxygens (including phenoxy) is 1. The normalized spacial score (nSPS) is 11.9.